The van der Waals surface area contributed by atoms with Crippen LogP contribution in [-0.4, -0.2) is 30.6 Å². The van der Waals surface area contributed by atoms with Gasteiger partial charge in [-0.15, -0.1) is 0 Å². The fourth-order valence-electron chi connectivity index (χ4n) is 2.79. The van der Waals surface area contributed by atoms with Crippen molar-refractivity contribution in [2.24, 2.45) is 0 Å². The van der Waals surface area contributed by atoms with Crippen LogP contribution in [0.2, 0.25) is 0 Å². The summed E-state index contributed by atoms with van der Waals surface area (Å²) >= 11 is 1.47. The van der Waals surface area contributed by atoms with Crippen LogP contribution in [0.5, 0.6) is 0 Å². The number of rotatable bonds is 7. The fourth-order valence-corrected chi connectivity index (χ4v) is 5.32. The molecule has 0 unspecified atom stereocenters. The van der Waals surface area contributed by atoms with Gasteiger partial charge in [0.15, 0.2) is 5.13 Å². The van der Waals surface area contributed by atoms with Crippen LogP contribution in [0.3, 0.4) is 0 Å². The highest BCUT2D eigenvalue weighted by molar-refractivity contribution is 7.92. The number of anilines is 1. The van der Waals surface area contributed by atoms with Gasteiger partial charge in [0.2, 0.25) is 10.0 Å². The molecule has 1 aliphatic rings. The molecule has 2 aromatic rings. The van der Waals surface area contributed by atoms with Crippen molar-refractivity contribution in [2.75, 3.05) is 17.0 Å². The second-order valence-corrected chi connectivity index (χ2v) is 9.04. The Hall–Kier alpha value is -1.44. The van der Waals surface area contributed by atoms with E-state index in [0.29, 0.717) is 11.6 Å². The quantitative estimate of drug-likeness (QED) is 0.818. The molecular formula is C17H23N3O2S2. The van der Waals surface area contributed by atoms with Crippen molar-refractivity contribution in [1.29, 1.82) is 0 Å². The maximum absolute atomic E-state index is 12.0. The van der Waals surface area contributed by atoms with Gasteiger partial charge >= 0.3 is 0 Å². The Morgan fingerprint density at radius 1 is 1.29 bits per heavy atom. The van der Waals surface area contributed by atoms with Gasteiger partial charge in [0.05, 0.1) is 11.4 Å². The number of fused-ring (bicyclic) bond motifs is 1. The van der Waals surface area contributed by atoms with E-state index >= 15 is 0 Å². The molecule has 0 saturated heterocycles. The lowest BCUT2D eigenvalue weighted by molar-refractivity contribution is 0.247. The van der Waals surface area contributed by atoms with E-state index in [2.05, 4.69) is 38.9 Å². The summed E-state index contributed by atoms with van der Waals surface area (Å²) in [6.45, 7) is 4.68. The molecule has 1 aromatic heterocycles. The Bertz CT molecular complexity index is 772. The maximum Gasteiger partial charge on any atom is 0.234 e. The minimum Gasteiger partial charge on any atom is -0.294 e. The van der Waals surface area contributed by atoms with Crippen LogP contribution in [0, 0.1) is 0 Å². The van der Waals surface area contributed by atoms with Crippen LogP contribution in [0.1, 0.15) is 35.9 Å². The fraction of sp³-hybridized carbons (Fsp3) is 0.471. The molecule has 0 fully saturated rings. The second kappa shape index (κ2) is 7.63. The van der Waals surface area contributed by atoms with Gasteiger partial charge < -0.3 is 0 Å². The molecule has 130 valence electrons. The Labute approximate surface area is 147 Å². The lowest BCUT2D eigenvalue weighted by Crippen LogP contribution is -2.29. The van der Waals surface area contributed by atoms with Crippen LogP contribution in [0.4, 0.5) is 5.13 Å². The summed E-state index contributed by atoms with van der Waals surface area (Å²) in [4.78, 5) is 8.04. The lowest BCUT2D eigenvalue weighted by atomic mass is 10.1. The van der Waals surface area contributed by atoms with Crippen molar-refractivity contribution < 1.29 is 8.42 Å². The largest absolute Gasteiger partial charge is 0.294 e. The smallest absolute Gasteiger partial charge is 0.234 e. The third-order valence-electron chi connectivity index (χ3n) is 4.07. The molecule has 0 atom stereocenters. The Kier molecular flexibility index (Phi) is 5.53. The second-order valence-electron chi connectivity index (χ2n) is 6.11. The average molecular weight is 366 g/mol. The molecule has 5 nitrogen and oxygen atoms in total. The first-order chi connectivity index (χ1) is 11.6. The van der Waals surface area contributed by atoms with E-state index in [-0.39, 0.29) is 5.75 Å². The molecule has 0 amide bonds. The van der Waals surface area contributed by atoms with Gasteiger partial charge in [0.1, 0.15) is 0 Å². The summed E-state index contributed by atoms with van der Waals surface area (Å²) in [5.74, 6) is 0.161. The highest BCUT2D eigenvalue weighted by Gasteiger charge is 2.22. The summed E-state index contributed by atoms with van der Waals surface area (Å²) < 4.78 is 26.7. The molecule has 1 aliphatic heterocycles. The zero-order valence-electron chi connectivity index (χ0n) is 13.9. The first-order valence-corrected chi connectivity index (χ1v) is 10.8. The van der Waals surface area contributed by atoms with Crippen molar-refractivity contribution in [1.82, 2.24) is 9.88 Å². The number of aromatic nitrogens is 1. The molecule has 0 saturated carbocycles. The summed E-state index contributed by atoms with van der Waals surface area (Å²) in [7, 11) is -3.27. The van der Waals surface area contributed by atoms with E-state index in [1.165, 1.54) is 21.8 Å². The number of unbranched alkanes of at least 4 members (excludes halogenated alkanes) is 1. The minimum absolute atomic E-state index is 0.161. The van der Waals surface area contributed by atoms with Crippen molar-refractivity contribution in [3.63, 3.8) is 0 Å². The highest BCUT2D eigenvalue weighted by Crippen LogP contribution is 2.29. The zero-order chi connectivity index (χ0) is 17.0. The van der Waals surface area contributed by atoms with Gasteiger partial charge in [-0.25, -0.2) is 13.4 Å². The van der Waals surface area contributed by atoms with Gasteiger partial charge in [0, 0.05) is 30.9 Å². The number of sulfonamides is 1. The number of hydrogen-bond donors (Lipinski definition) is 1. The third-order valence-corrected chi connectivity index (χ3v) is 6.53. The molecule has 0 spiro atoms. The topological polar surface area (TPSA) is 62.3 Å². The van der Waals surface area contributed by atoms with Crippen molar-refractivity contribution in [3.8, 4) is 0 Å². The predicted molar refractivity (Wildman–Crippen MR) is 98.7 cm³/mol. The van der Waals surface area contributed by atoms with E-state index in [9.17, 15) is 8.42 Å². The van der Waals surface area contributed by atoms with E-state index < -0.39 is 10.0 Å². The van der Waals surface area contributed by atoms with E-state index in [0.717, 1.165) is 38.2 Å². The van der Waals surface area contributed by atoms with Crippen molar-refractivity contribution in [2.45, 2.75) is 39.3 Å². The number of hydrogen-bond acceptors (Lipinski definition) is 5. The summed E-state index contributed by atoms with van der Waals surface area (Å²) in [5, 5.41) is 0.512. The first kappa shape index (κ1) is 17.4. The molecular weight excluding hydrogens is 342 g/mol. The van der Waals surface area contributed by atoms with E-state index in [1.807, 2.05) is 13.0 Å². The third kappa shape index (κ3) is 4.55. The van der Waals surface area contributed by atoms with Crippen LogP contribution in [0.15, 0.2) is 30.3 Å². The van der Waals surface area contributed by atoms with Crippen LogP contribution in [0.25, 0.3) is 0 Å². The van der Waals surface area contributed by atoms with Crippen molar-refractivity contribution in [3.05, 3.63) is 46.5 Å². The van der Waals surface area contributed by atoms with Crippen molar-refractivity contribution >= 4 is 26.5 Å². The summed E-state index contributed by atoms with van der Waals surface area (Å²) in [6.07, 6.45) is 2.41. The maximum atomic E-state index is 12.0. The van der Waals surface area contributed by atoms with Gasteiger partial charge in [0.25, 0.3) is 0 Å². The monoisotopic (exact) mass is 365 g/mol. The van der Waals surface area contributed by atoms with E-state index in [4.69, 9.17) is 0 Å². The summed E-state index contributed by atoms with van der Waals surface area (Å²) in [6, 6.07) is 10.4. The number of nitrogens with zero attached hydrogens (tertiary/aromatic N) is 2. The van der Waals surface area contributed by atoms with Gasteiger partial charge in [-0.1, -0.05) is 55.0 Å². The SMILES string of the molecule is CCCCS(=O)(=O)Nc1nc2c(s1)CN(Cc1ccccc1)CC2. The Balaban J connectivity index is 1.64. The molecule has 0 radical (unpaired) electrons. The molecule has 1 N–H and O–H groups in total. The normalized spacial score (nSPS) is 15.2. The van der Waals surface area contributed by atoms with Crippen LogP contribution >= 0.6 is 11.3 Å². The standard InChI is InChI=1S/C17H23N3O2S2/c1-2-3-11-24(21,22)19-17-18-15-9-10-20(13-16(15)23-17)12-14-7-5-4-6-8-14/h4-8H,2-3,9-13H2,1H3,(H,18,19). The van der Waals surface area contributed by atoms with Gasteiger partial charge in [-0.3, -0.25) is 9.62 Å². The Morgan fingerprint density at radius 2 is 2.08 bits per heavy atom. The van der Waals surface area contributed by atoms with Gasteiger partial charge in [-0.2, -0.15) is 0 Å². The lowest BCUT2D eigenvalue weighted by Gasteiger charge is -2.25. The average Bonchev–Trinajstić information content (AvgIpc) is 2.94. The number of benzene rings is 1. The molecule has 0 aliphatic carbocycles. The number of thiazole rings is 1. The zero-order valence-corrected chi connectivity index (χ0v) is 15.5. The molecule has 2 heterocycles. The molecule has 24 heavy (non-hydrogen) atoms. The predicted octanol–water partition coefficient (Wildman–Crippen LogP) is 3.24. The molecule has 7 heteroatoms. The van der Waals surface area contributed by atoms with Gasteiger partial charge in [-0.05, 0) is 12.0 Å². The van der Waals surface area contributed by atoms with Crippen LogP contribution < -0.4 is 4.72 Å². The molecule has 1 aromatic carbocycles. The molecule has 3 rings (SSSR count). The Morgan fingerprint density at radius 3 is 2.83 bits per heavy atom. The first-order valence-electron chi connectivity index (χ1n) is 8.31. The highest BCUT2D eigenvalue weighted by atomic mass is 32.2. The van der Waals surface area contributed by atoms with E-state index in [1.54, 1.807) is 0 Å². The van der Waals surface area contributed by atoms with Crippen LogP contribution in [-0.2, 0) is 29.5 Å². The molecule has 0 bridgehead atoms. The minimum atomic E-state index is -3.27. The number of nitrogens with one attached hydrogen (secondary N) is 1. The summed E-state index contributed by atoms with van der Waals surface area (Å²) in [5.41, 5.74) is 2.34.